The molecule has 0 aliphatic carbocycles. The van der Waals surface area contributed by atoms with Crippen LogP contribution in [0.25, 0.3) is 0 Å². The predicted octanol–water partition coefficient (Wildman–Crippen LogP) is 1.65. The van der Waals surface area contributed by atoms with Crippen molar-refractivity contribution in [1.29, 1.82) is 0 Å². The number of unbranched alkanes of at least 4 members (excludes halogenated alkanes) is 3. The van der Waals surface area contributed by atoms with Crippen molar-refractivity contribution in [2.75, 3.05) is 18.6 Å². The van der Waals surface area contributed by atoms with Crippen molar-refractivity contribution in [2.45, 2.75) is 25.7 Å². The maximum Gasteiger partial charge on any atom is 0.330 e. The molecule has 0 amide bonds. The second-order valence-electron chi connectivity index (χ2n) is 3.06. The van der Waals surface area contributed by atoms with E-state index >= 15 is 0 Å². The van der Waals surface area contributed by atoms with E-state index in [9.17, 15) is 9.00 Å². The number of hydrogen-bond acceptors (Lipinski definition) is 3. The molecule has 0 aromatic rings. The summed E-state index contributed by atoms with van der Waals surface area (Å²) in [5.41, 5.74) is 0. The van der Waals surface area contributed by atoms with Gasteiger partial charge in [-0.25, -0.2) is 4.79 Å². The van der Waals surface area contributed by atoms with Gasteiger partial charge >= 0.3 is 5.97 Å². The number of ether oxygens (including phenoxy) is 1. The summed E-state index contributed by atoms with van der Waals surface area (Å²) in [6.07, 6.45) is 6.80. The minimum atomic E-state index is -0.680. The van der Waals surface area contributed by atoms with Gasteiger partial charge in [-0.05, 0) is 12.8 Å². The molecule has 0 radical (unpaired) electrons. The van der Waals surface area contributed by atoms with Crippen LogP contribution < -0.4 is 0 Å². The second kappa shape index (κ2) is 8.94. The molecule has 0 rings (SSSR count). The molecule has 0 aromatic heterocycles. The zero-order chi connectivity index (χ0) is 10.8. The van der Waals surface area contributed by atoms with E-state index in [4.69, 9.17) is 4.74 Å². The zero-order valence-corrected chi connectivity index (χ0v) is 9.48. The van der Waals surface area contributed by atoms with Gasteiger partial charge in [-0.15, -0.1) is 0 Å². The van der Waals surface area contributed by atoms with Crippen molar-refractivity contribution in [3.8, 4) is 0 Å². The van der Waals surface area contributed by atoms with Crippen molar-refractivity contribution in [1.82, 2.24) is 0 Å². The predicted molar refractivity (Wildman–Crippen MR) is 58.6 cm³/mol. The van der Waals surface area contributed by atoms with Crippen LogP contribution in [0.4, 0.5) is 0 Å². The van der Waals surface area contributed by atoms with Crippen LogP contribution >= 0.6 is 0 Å². The Hall–Kier alpha value is -0.640. The maximum atomic E-state index is 10.7. The lowest BCUT2D eigenvalue weighted by molar-refractivity contribution is -0.137. The van der Waals surface area contributed by atoms with Crippen LogP contribution in [0.2, 0.25) is 0 Å². The van der Waals surface area contributed by atoms with Crippen molar-refractivity contribution in [2.24, 2.45) is 0 Å². The minimum Gasteiger partial charge on any atom is -0.463 e. The molecule has 0 heterocycles. The van der Waals surface area contributed by atoms with E-state index in [1.54, 1.807) is 6.26 Å². The number of esters is 1. The van der Waals surface area contributed by atoms with Crippen LogP contribution in [-0.4, -0.2) is 28.8 Å². The van der Waals surface area contributed by atoms with Crippen molar-refractivity contribution >= 4 is 16.8 Å². The first-order valence-electron chi connectivity index (χ1n) is 4.76. The fraction of sp³-hybridized carbons (Fsp3) is 0.700. The summed E-state index contributed by atoms with van der Waals surface area (Å²) in [5, 5.41) is 0. The highest BCUT2D eigenvalue weighted by Gasteiger charge is 1.96. The normalized spacial score (nSPS) is 12.1. The average Bonchev–Trinajstić information content (AvgIpc) is 2.15. The van der Waals surface area contributed by atoms with E-state index in [2.05, 4.69) is 6.58 Å². The molecule has 0 bridgehead atoms. The van der Waals surface area contributed by atoms with Crippen molar-refractivity contribution in [3.63, 3.8) is 0 Å². The van der Waals surface area contributed by atoms with Gasteiger partial charge in [0.1, 0.15) is 0 Å². The molecular formula is C10H18O3S. The Balaban J connectivity index is 3.10. The SMILES string of the molecule is C=CC(=O)OCCCCCCS(C)=O. The highest BCUT2D eigenvalue weighted by molar-refractivity contribution is 7.84. The molecule has 14 heavy (non-hydrogen) atoms. The summed E-state index contributed by atoms with van der Waals surface area (Å²) in [4.78, 5) is 10.6. The first kappa shape index (κ1) is 13.4. The molecule has 0 N–H and O–H groups in total. The molecule has 0 aromatic carbocycles. The van der Waals surface area contributed by atoms with Crippen LogP contribution in [0.5, 0.6) is 0 Å². The van der Waals surface area contributed by atoms with Crippen LogP contribution in [0.1, 0.15) is 25.7 Å². The van der Waals surface area contributed by atoms with Crippen LogP contribution in [0.3, 0.4) is 0 Å². The minimum absolute atomic E-state index is 0.361. The second-order valence-corrected chi connectivity index (χ2v) is 4.62. The Labute approximate surface area is 88.0 Å². The molecule has 0 saturated heterocycles. The highest BCUT2D eigenvalue weighted by atomic mass is 32.2. The average molecular weight is 218 g/mol. The number of hydrogen-bond donors (Lipinski definition) is 0. The molecule has 1 unspecified atom stereocenters. The molecule has 0 aliphatic rings. The van der Waals surface area contributed by atoms with Gasteiger partial charge in [0.25, 0.3) is 0 Å². The topological polar surface area (TPSA) is 43.4 Å². The summed E-state index contributed by atoms with van der Waals surface area (Å²) in [5.74, 6) is 0.409. The van der Waals surface area contributed by atoms with Crippen LogP contribution in [0, 0.1) is 0 Å². The van der Waals surface area contributed by atoms with E-state index in [-0.39, 0.29) is 5.97 Å². The number of carbonyl (C=O) groups excluding carboxylic acids is 1. The van der Waals surface area contributed by atoms with E-state index in [1.807, 2.05) is 0 Å². The molecule has 4 heteroatoms. The monoisotopic (exact) mass is 218 g/mol. The highest BCUT2D eigenvalue weighted by Crippen LogP contribution is 2.01. The number of rotatable bonds is 8. The Morgan fingerprint density at radius 1 is 1.36 bits per heavy atom. The molecule has 0 fully saturated rings. The standard InChI is InChI=1S/C10H18O3S/c1-3-10(11)13-8-6-4-5-7-9-14(2)12/h3H,1,4-9H2,2H3. The van der Waals surface area contributed by atoms with E-state index in [0.29, 0.717) is 6.61 Å². The first-order valence-corrected chi connectivity index (χ1v) is 6.48. The van der Waals surface area contributed by atoms with Gasteiger partial charge in [-0.3, -0.25) is 4.21 Å². The number of carbonyl (C=O) groups is 1. The summed E-state index contributed by atoms with van der Waals surface area (Å²) in [6.45, 7) is 3.76. The van der Waals surface area contributed by atoms with Crippen molar-refractivity contribution < 1.29 is 13.7 Å². The lowest BCUT2D eigenvalue weighted by Crippen LogP contribution is -2.01. The molecule has 0 aliphatic heterocycles. The fourth-order valence-corrected chi connectivity index (χ4v) is 1.60. The largest absolute Gasteiger partial charge is 0.463 e. The van der Waals surface area contributed by atoms with Gasteiger partial charge in [0.2, 0.25) is 0 Å². The summed E-state index contributed by atoms with van der Waals surface area (Å²) >= 11 is 0. The molecule has 1 atom stereocenters. The molecular weight excluding hydrogens is 200 g/mol. The van der Waals surface area contributed by atoms with Gasteiger partial charge in [0, 0.05) is 28.9 Å². The van der Waals surface area contributed by atoms with Gasteiger partial charge < -0.3 is 4.74 Å². The van der Waals surface area contributed by atoms with Gasteiger partial charge in [0.05, 0.1) is 6.61 Å². The van der Waals surface area contributed by atoms with E-state index in [0.717, 1.165) is 31.4 Å². The first-order chi connectivity index (χ1) is 6.66. The Morgan fingerprint density at radius 3 is 2.57 bits per heavy atom. The molecule has 0 saturated carbocycles. The quantitative estimate of drug-likeness (QED) is 0.353. The Bertz CT molecular complexity index is 202. The van der Waals surface area contributed by atoms with E-state index in [1.165, 1.54) is 6.08 Å². The molecule has 82 valence electrons. The zero-order valence-electron chi connectivity index (χ0n) is 8.66. The Morgan fingerprint density at radius 2 is 2.00 bits per heavy atom. The van der Waals surface area contributed by atoms with Gasteiger partial charge in [0.15, 0.2) is 0 Å². The van der Waals surface area contributed by atoms with Crippen molar-refractivity contribution in [3.05, 3.63) is 12.7 Å². The maximum absolute atomic E-state index is 10.7. The van der Waals surface area contributed by atoms with Crippen LogP contribution in [0.15, 0.2) is 12.7 Å². The summed E-state index contributed by atoms with van der Waals surface area (Å²) in [7, 11) is -0.680. The lowest BCUT2D eigenvalue weighted by atomic mass is 10.2. The third-order valence-corrected chi connectivity index (χ3v) is 2.60. The fourth-order valence-electron chi connectivity index (χ4n) is 0.993. The summed E-state index contributed by atoms with van der Waals surface area (Å²) < 4.78 is 15.5. The molecule has 0 spiro atoms. The van der Waals surface area contributed by atoms with E-state index < -0.39 is 10.8 Å². The lowest BCUT2D eigenvalue weighted by Gasteiger charge is -2.01. The smallest absolute Gasteiger partial charge is 0.330 e. The Kier molecular flexibility index (Phi) is 8.53. The van der Waals surface area contributed by atoms with Gasteiger partial charge in [-0.1, -0.05) is 19.4 Å². The molecule has 3 nitrogen and oxygen atoms in total. The van der Waals surface area contributed by atoms with Crippen LogP contribution in [-0.2, 0) is 20.3 Å². The third kappa shape index (κ3) is 9.45. The summed E-state index contributed by atoms with van der Waals surface area (Å²) in [6, 6.07) is 0. The van der Waals surface area contributed by atoms with Gasteiger partial charge in [-0.2, -0.15) is 0 Å². The third-order valence-electron chi connectivity index (χ3n) is 1.74.